The summed E-state index contributed by atoms with van der Waals surface area (Å²) in [7, 11) is 3.17. The minimum absolute atomic E-state index is 0. The number of carbonyl (C=O) groups is 1. The number of methoxy groups -OCH3 is 2. The van der Waals surface area contributed by atoms with E-state index in [0.29, 0.717) is 5.75 Å². The van der Waals surface area contributed by atoms with Crippen molar-refractivity contribution in [3.63, 3.8) is 0 Å². The van der Waals surface area contributed by atoms with Gasteiger partial charge < -0.3 is 19.3 Å². The average molecular weight is 462 g/mol. The first-order valence-electron chi connectivity index (χ1n) is 9.40. The molecule has 0 spiro atoms. The van der Waals surface area contributed by atoms with Crippen molar-refractivity contribution in [2.75, 3.05) is 14.2 Å². The second kappa shape index (κ2) is 12.3. The predicted octanol–water partition coefficient (Wildman–Crippen LogP) is 2.99. The van der Waals surface area contributed by atoms with E-state index in [-0.39, 0.29) is 67.9 Å². The molecule has 0 fully saturated rings. The Hall–Kier alpha value is -2.81. The van der Waals surface area contributed by atoms with E-state index in [1.54, 1.807) is 26.4 Å². The molecule has 3 rings (SSSR count). The molecule has 8 nitrogen and oxygen atoms in total. The van der Waals surface area contributed by atoms with E-state index in [1.807, 2.05) is 36.4 Å². The van der Waals surface area contributed by atoms with Crippen LogP contribution in [-0.4, -0.2) is 35.1 Å². The van der Waals surface area contributed by atoms with Crippen LogP contribution in [0, 0.1) is 37.7 Å². The number of aliphatic carboxylic acids is 1. The summed E-state index contributed by atoms with van der Waals surface area (Å²) in [6.45, 7) is 0.413. The van der Waals surface area contributed by atoms with Gasteiger partial charge in [0.15, 0.2) is 0 Å². The van der Waals surface area contributed by atoms with Crippen molar-refractivity contribution >= 4 is 12.0 Å². The van der Waals surface area contributed by atoms with Gasteiger partial charge in [-0.15, -0.1) is 5.10 Å². The molecule has 9 heteroatoms. The number of carboxylic acid groups (broad SMARTS) is 1. The van der Waals surface area contributed by atoms with Crippen LogP contribution >= 0.6 is 0 Å². The molecule has 0 amide bonds. The number of rotatable bonds is 9. The van der Waals surface area contributed by atoms with Crippen molar-refractivity contribution in [3.8, 4) is 17.4 Å². The molecule has 0 saturated heterocycles. The zero-order valence-corrected chi connectivity index (χ0v) is 18.2. The molecule has 32 heavy (non-hydrogen) atoms. The topological polar surface area (TPSA) is 99.9 Å². The molecule has 1 heterocycles. The van der Waals surface area contributed by atoms with Gasteiger partial charge in [0.1, 0.15) is 18.1 Å². The van der Waals surface area contributed by atoms with Crippen molar-refractivity contribution < 1.29 is 61.8 Å². The fourth-order valence-electron chi connectivity index (χ4n) is 2.77. The van der Waals surface area contributed by atoms with E-state index in [2.05, 4.69) is 5.10 Å². The maximum absolute atomic E-state index is 12.5. The smallest absolute Gasteiger partial charge is 0.328 e. The summed E-state index contributed by atoms with van der Waals surface area (Å²) in [5.41, 5.74) is 1.62. The molecule has 0 atom stereocenters. The summed E-state index contributed by atoms with van der Waals surface area (Å²) in [4.78, 5) is 23.4. The quantitative estimate of drug-likeness (QED) is 0.488. The number of nitrogens with zero attached hydrogens (tertiary/aromatic N) is 2. The van der Waals surface area contributed by atoms with E-state index in [0.717, 1.165) is 23.0 Å². The Bertz CT molecular complexity index is 1120. The first kappa shape index (κ1) is 25.5. The Kier molecular flexibility index (Phi) is 9.77. The van der Waals surface area contributed by atoms with Crippen molar-refractivity contribution in [1.29, 1.82) is 0 Å². The summed E-state index contributed by atoms with van der Waals surface area (Å²) < 4.78 is 17.4. The molecule has 0 saturated carbocycles. The van der Waals surface area contributed by atoms with Gasteiger partial charge in [0.05, 0.1) is 20.8 Å². The molecule has 2 aromatic carbocycles. The first-order chi connectivity index (χ1) is 15.0. The van der Waals surface area contributed by atoms with Gasteiger partial charge in [-0.25, -0.2) is 9.48 Å². The second-order valence-electron chi connectivity index (χ2n) is 6.56. The average Bonchev–Trinajstić information content (AvgIpc) is 2.79. The number of carboxylic acids is 1. The number of benzene rings is 2. The molecule has 0 radical (unpaired) electrons. The Morgan fingerprint density at radius 3 is 2.09 bits per heavy atom. The van der Waals surface area contributed by atoms with Gasteiger partial charge >= 0.3 is 5.97 Å². The Morgan fingerprint density at radius 1 is 1.00 bits per heavy atom. The van der Waals surface area contributed by atoms with Crippen LogP contribution < -0.4 is 19.8 Å². The minimum Gasteiger partial charge on any atom is -0.497 e. The number of hydrogen-bond donors (Lipinski definition) is 1. The van der Waals surface area contributed by atoms with Gasteiger partial charge in [0.25, 0.3) is 5.56 Å². The molecular weight excluding hydrogens is 440 g/mol. The molecule has 0 bridgehead atoms. The zero-order valence-electron chi connectivity index (χ0n) is 17.5. The third-order valence-corrected chi connectivity index (χ3v) is 4.42. The van der Waals surface area contributed by atoms with E-state index >= 15 is 0 Å². The Morgan fingerprint density at radius 2 is 1.56 bits per heavy atom. The molecule has 0 aliphatic carbocycles. The monoisotopic (exact) mass is 462 g/mol. The van der Waals surface area contributed by atoms with Crippen molar-refractivity contribution in [3.05, 3.63) is 87.7 Å². The molecule has 0 aliphatic rings. The fourth-order valence-corrected chi connectivity index (χ4v) is 2.77. The molecule has 1 N–H and O–H groups in total. The van der Waals surface area contributed by atoms with E-state index in [9.17, 15) is 9.59 Å². The largest absolute Gasteiger partial charge is 0.497 e. The molecule has 168 valence electrons. The number of hydrogen-bond acceptors (Lipinski definition) is 6. The van der Waals surface area contributed by atoms with Gasteiger partial charge in [0.2, 0.25) is 5.88 Å². The van der Waals surface area contributed by atoms with Crippen molar-refractivity contribution in [2.24, 2.45) is 0 Å². The van der Waals surface area contributed by atoms with Crippen LogP contribution in [0.2, 0.25) is 0 Å². The van der Waals surface area contributed by atoms with Gasteiger partial charge in [-0.3, -0.25) is 4.79 Å². The van der Waals surface area contributed by atoms with Crippen molar-refractivity contribution in [2.45, 2.75) is 13.2 Å². The van der Waals surface area contributed by atoms with E-state index in [1.165, 1.54) is 16.8 Å². The Balaban J connectivity index is 0.00000363. The van der Waals surface area contributed by atoms with Crippen LogP contribution in [-0.2, 0) is 17.9 Å². The number of aromatic nitrogens is 2. The van der Waals surface area contributed by atoms with Crippen LogP contribution in [0.25, 0.3) is 6.08 Å². The summed E-state index contributed by atoms with van der Waals surface area (Å²) in [6.07, 6.45) is 2.22. The van der Waals surface area contributed by atoms with Crippen LogP contribution in [0.15, 0.2) is 65.5 Å². The maximum atomic E-state index is 12.5. The molecule has 3 aromatic rings. The fraction of sp³-hybridized carbons (Fsp3) is 0.174. The summed E-state index contributed by atoms with van der Waals surface area (Å²) in [6, 6.07) is 15.9. The van der Waals surface area contributed by atoms with Crippen molar-refractivity contribution in [1.82, 2.24) is 9.78 Å². The van der Waals surface area contributed by atoms with Crippen LogP contribution in [0.5, 0.6) is 17.4 Å². The standard InChI is InChI=1S/C23H22N2O6.Ar/c1-29-19-8-3-16(4-9-19)14-25-21(26)13-18(7-12-22(27)28)23(24-25)31-15-17-5-10-20(30-2)11-6-17;/h3-13H,14-15H2,1-2H3,(H,27,28);. The summed E-state index contributed by atoms with van der Waals surface area (Å²) >= 11 is 0. The maximum Gasteiger partial charge on any atom is 0.328 e. The third-order valence-electron chi connectivity index (χ3n) is 4.42. The normalized spacial score (nSPS) is 10.4. The molecule has 1 aromatic heterocycles. The van der Waals surface area contributed by atoms with Crippen LogP contribution in [0.1, 0.15) is 16.7 Å². The van der Waals surface area contributed by atoms with Gasteiger partial charge in [0, 0.05) is 55.4 Å². The molecule has 0 aliphatic heterocycles. The van der Waals surface area contributed by atoms with E-state index < -0.39 is 5.97 Å². The first-order valence-corrected chi connectivity index (χ1v) is 9.40. The number of ether oxygens (including phenoxy) is 3. The molecule has 0 unspecified atom stereocenters. The van der Waals surface area contributed by atoms with Crippen LogP contribution in [0.4, 0.5) is 0 Å². The van der Waals surface area contributed by atoms with E-state index in [4.69, 9.17) is 19.3 Å². The van der Waals surface area contributed by atoms with Gasteiger partial charge in [-0.05, 0) is 41.5 Å². The minimum atomic E-state index is -1.14. The summed E-state index contributed by atoms with van der Waals surface area (Å²) in [5, 5.41) is 13.2. The third kappa shape index (κ3) is 7.12. The Labute approximate surface area is 215 Å². The SMILES string of the molecule is COc1ccc(COc2nn(Cc3ccc(OC)cc3)c(=O)cc2C=CC(=O)O)cc1.[Ar]. The van der Waals surface area contributed by atoms with Gasteiger partial charge in [-0.1, -0.05) is 24.3 Å². The van der Waals surface area contributed by atoms with Gasteiger partial charge in [-0.2, -0.15) is 0 Å². The van der Waals surface area contributed by atoms with Crippen LogP contribution in [0.3, 0.4) is 0 Å². The summed E-state index contributed by atoms with van der Waals surface area (Å²) in [5.74, 6) is 0.451. The second-order valence-corrected chi connectivity index (χ2v) is 6.56. The zero-order chi connectivity index (χ0) is 22.2. The molecular formula is C23H22ArN2O6. The predicted molar refractivity (Wildman–Crippen MR) is 115 cm³/mol.